The van der Waals surface area contributed by atoms with Gasteiger partial charge in [0.05, 0.1) is 38.8 Å². The van der Waals surface area contributed by atoms with Crippen molar-refractivity contribution in [1.82, 2.24) is 9.97 Å². The first kappa shape index (κ1) is 71.8. The average molecular weight is 1190 g/mol. The summed E-state index contributed by atoms with van der Waals surface area (Å²) in [5.74, 6) is 9.20. The van der Waals surface area contributed by atoms with E-state index >= 15 is 0 Å². The van der Waals surface area contributed by atoms with Crippen LogP contribution >= 0.6 is 0 Å². The molecule has 1 aliphatic heterocycles. The standard InChI is InChI=1S/C76H125N6O4/c1-9-17-25-29-37-65(33-21-13-5)49-61-83-69-41-53-79(54-42-69)73-74(80-55-43-70(44-56-80)84-62-50-66(34-22-14-6)38-30-26-18-10-2)78-76(82-59-47-72(48-60-82)86-64-52-68(36-24-16-8)40-32-28-20-12-4)75(77-73)81-57-45-71(46-58-81)85-63-51-67(35-23-15-7)39-31-27-19-11-3/h41-48,53-59,65-68H,9-40,49-52,60-64H2,1-8H3/q+3. The van der Waals surface area contributed by atoms with E-state index in [9.17, 15) is 0 Å². The van der Waals surface area contributed by atoms with Crippen LogP contribution in [0, 0.1) is 23.7 Å². The molecule has 0 bridgehead atoms. The Hall–Kier alpha value is -4.99. The summed E-state index contributed by atoms with van der Waals surface area (Å²) < 4.78 is 32.3. The van der Waals surface area contributed by atoms with Crippen molar-refractivity contribution < 1.29 is 32.6 Å². The molecule has 0 spiro atoms. The first-order valence-corrected chi connectivity index (χ1v) is 36.0. The van der Waals surface area contributed by atoms with Gasteiger partial charge in [0.2, 0.25) is 0 Å². The van der Waals surface area contributed by atoms with Gasteiger partial charge in [0.25, 0.3) is 0 Å². The molecule has 86 heavy (non-hydrogen) atoms. The number of hydrogen-bond donors (Lipinski definition) is 0. The summed E-state index contributed by atoms with van der Waals surface area (Å²) in [5.41, 5.74) is 0. The zero-order valence-corrected chi connectivity index (χ0v) is 56.3. The number of anilines is 1. The lowest BCUT2D eigenvalue weighted by molar-refractivity contribution is -0.641. The number of rotatable bonds is 52. The maximum atomic E-state index is 6.54. The number of nitrogens with zero attached hydrogens (tertiary/aromatic N) is 6. The van der Waals surface area contributed by atoms with Gasteiger partial charge < -0.3 is 23.8 Å². The Bertz CT molecular complexity index is 2370. The van der Waals surface area contributed by atoms with E-state index in [4.69, 9.17) is 28.9 Å². The van der Waals surface area contributed by atoms with Gasteiger partial charge in [-0.1, -0.05) is 261 Å². The third-order valence-electron chi connectivity index (χ3n) is 18.0. The molecule has 10 nitrogen and oxygen atoms in total. The summed E-state index contributed by atoms with van der Waals surface area (Å²) >= 11 is 0. The molecule has 5 rings (SSSR count). The van der Waals surface area contributed by atoms with E-state index in [1.165, 1.54) is 205 Å². The van der Waals surface area contributed by atoms with Crippen molar-refractivity contribution in [2.24, 2.45) is 23.7 Å². The largest absolute Gasteiger partial charge is 0.494 e. The van der Waals surface area contributed by atoms with Crippen molar-refractivity contribution in [1.29, 1.82) is 0 Å². The van der Waals surface area contributed by atoms with Gasteiger partial charge in [0.1, 0.15) is 47.8 Å². The first-order chi connectivity index (χ1) is 42.4. The molecular formula is C76H125N6O4+3. The molecule has 0 radical (unpaired) electrons. The van der Waals surface area contributed by atoms with Crippen molar-refractivity contribution >= 4 is 5.82 Å². The van der Waals surface area contributed by atoms with Crippen molar-refractivity contribution in [3.05, 3.63) is 97.7 Å². The van der Waals surface area contributed by atoms with E-state index in [1.807, 2.05) is 0 Å². The lowest BCUT2D eigenvalue weighted by Crippen LogP contribution is -2.44. The summed E-state index contributed by atoms with van der Waals surface area (Å²) in [6.07, 6.45) is 64.7. The molecule has 0 saturated heterocycles. The van der Waals surface area contributed by atoms with E-state index in [2.05, 4.69) is 166 Å². The third kappa shape index (κ3) is 28.0. The number of hydrogen-bond acceptors (Lipinski definition) is 7. The van der Waals surface area contributed by atoms with E-state index in [0.717, 1.165) is 80.9 Å². The van der Waals surface area contributed by atoms with Gasteiger partial charge in [-0.2, -0.15) is 13.7 Å². The van der Waals surface area contributed by atoms with Crippen LogP contribution in [0.25, 0.3) is 17.5 Å². The maximum absolute atomic E-state index is 6.54. The predicted octanol–water partition coefficient (Wildman–Crippen LogP) is 20.3. The maximum Gasteiger partial charge on any atom is 0.427 e. The molecular weight excluding hydrogens is 1060 g/mol. The molecule has 4 unspecified atom stereocenters. The van der Waals surface area contributed by atoms with Crippen molar-refractivity contribution in [3.8, 4) is 34.7 Å². The number of pyridine rings is 3. The van der Waals surface area contributed by atoms with Crippen LogP contribution in [0.2, 0.25) is 0 Å². The highest BCUT2D eigenvalue weighted by molar-refractivity contribution is 5.57. The Labute approximate surface area is 526 Å². The zero-order chi connectivity index (χ0) is 61.1. The molecule has 480 valence electrons. The van der Waals surface area contributed by atoms with E-state index in [1.54, 1.807) is 0 Å². The summed E-state index contributed by atoms with van der Waals surface area (Å²) in [5, 5.41) is 0. The van der Waals surface area contributed by atoms with Gasteiger partial charge in [0.15, 0.2) is 0 Å². The van der Waals surface area contributed by atoms with Gasteiger partial charge in [-0.15, -0.1) is 0 Å². The second-order valence-corrected chi connectivity index (χ2v) is 25.4. The van der Waals surface area contributed by atoms with Crippen LogP contribution in [0.3, 0.4) is 0 Å². The fraction of sp³-hybridized carbons (Fsp3) is 0.697. The molecule has 0 fully saturated rings. The van der Waals surface area contributed by atoms with E-state index in [-0.39, 0.29) is 0 Å². The smallest absolute Gasteiger partial charge is 0.427 e. The molecule has 5 heterocycles. The van der Waals surface area contributed by atoms with Gasteiger partial charge in [-0.05, 0) is 66.5 Å². The summed E-state index contributed by atoms with van der Waals surface area (Å²) in [7, 11) is 0. The minimum Gasteiger partial charge on any atom is -0.494 e. The van der Waals surface area contributed by atoms with Gasteiger partial charge >= 0.3 is 23.3 Å². The fourth-order valence-corrected chi connectivity index (χ4v) is 12.3. The molecule has 0 amide bonds. The van der Waals surface area contributed by atoms with Crippen LogP contribution in [0.15, 0.2) is 97.7 Å². The van der Waals surface area contributed by atoms with Crippen LogP contribution < -0.4 is 32.8 Å². The van der Waals surface area contributed by atoms with Gasteiger partial charge in [0, 0.05) is 54.1 Å². The number of unbranched alkanes of at least 4 members (excludes halogenated alkanes) is 16. The molecule has 0 aliphatic carbocycles. The fourth-order valence-electron chi connectivity index (χ4n) is 12.3. The van der Waals surface area contributed by atoms with E-state index < -0.39 is 0 Å². The molecule has 4 aromatic rings. The molecule has 4 aromatic heterocycles. The Kier molecular flexibility index (Phi) is 37.8. The highest BCUT2D eigenvalue weighted by Gasteiger charge is 2.38. The minimum atomic E-state index is 0.592. The molecule has 4 atom stereocenters. The number of ether oxygens (including phenoxy) is 4. The molecule has 0 N–H and O–H groups in total. The second kappa shape index (κ2) is 45.3. The van der Waals surface area contributed by atoms with Crippen LogP contribution in [-0.4, -0.2) is 42.9 Å². The predicted molar refractivity (Wildman–Crippen MR) is 359 cm³/mol. The third-order valence-corrected chi connectivity index (χ3v) is 18.0. The summed E-state index contributed by atoms with van der Waals surface area (Å²) in [6, 6.07) is 12.5. The number of allylic oxidation sites excluding steroid dienone is 1. The Morgan fingerprint density at radius 3 is 0.965 bits per heavy atom. The molecule has 1 aliphatic rings. The monoisotopic (exact) mass is 1190 g/mol. The van der Waals surface area contributed by atoms with Crippen LogP contribution in [0.1, 0.15) is 287 Å². The van der Waals surface area contributed by atoms with Crippen LogP contribution in [0.5, 0.6) is 17.2 Å². The minimum absolute atomic E-state index is 0.592. The highest BCUT2D eigenvalue weighted by Crippen LogP contribution is 2.28. The normalized spacial score (nSPS) is 13.8. The van der Waals surface area contributed by atoms with Crippen molar-refractivity contribution in [2.75, 3.05) is 37.9 Å². The van der Waals surface area contributed by atoms with Crippen molar-refractivity contribution in [2.45, 2.75) is 287 Å². The lowest BCUT2D eigenvalue weighted by atomic mass is 9.92. The average Bonchev–Trinajstić information content (AvgIpc) is 1.26. The van der Waals surface area contributed by atoms with E-state index in [0.29, 0.717) is 47.7 Å². The summed E-state index contributed by atoms with van der Waals surface area (Å²) in [4.78, 5) is 13.5. The summed E-state index contributed by atoms with van der Waals surface area (Å²) in [6.45, 7) is 21.9. The van der Waals surface area contributed by atoms with Crippen LogP contribution in [-0.2, 0) is 4.74 Å². The number of aromatic nitrogens is 5. The van der Waals surface area contributed by atoms with Gasteiger partial charge in [-0.25, -0.2) is 0 Å². The Morgan fingerprint density at radius 2 is 0.651 bits per heavy atom. The highest BCUT2D eigenvalue weighted by atomic mass is 16.5. The molecule has 0 aromatic carbocycles. The second-order valence-electron chi connectivity index (χ2n) is 25.4. The Morgan fingerprint density at radius 1 is 0.349 bits per heavy atom. The van der Waals surface area contributed by atoms with Gasteiger partial charge in [-0.3, -0.25) is 0 Å². The topological polar surface area (TPSA) is 77.6 Å². The SMILES string of the molecule is CCCCCCC(CCCC)CCOC1=CCN(c2nc(-[n+]3ccc(OCCC(CCCC)CCCCCC)cc3)c(-[n+]3ccc(OCCC(CCCC)CCCCCC)cc3)nc2-[n+]2ccc(OCCC(CCCC)CCCCCC)cc2)C=C1. The molecule has 10 heteroatoms. The Balaban J connectivity index is 1.48. The zero-order valence-electron chi connectivity index (χ0n) is 56.3. The first-order valence-electron chi connectivity index (χ1n) is 36.0. The van der Waals surface area contributed by atoms with Crippen LogP contribution in [0.4, 0.5) is 5.82 Å². The quantitative estimate of drug-likeness (QED) is 0.0322. The van der Waals surface area contributed by atoms with Crippen molar-refractivity contribution in [3.63, 3.8) is 0 Å². The lowest BCUT2D eigenvalue weighted by Gasteiger charge is -2.21. The molecule has 0 saturated carbocycles.